The highest BCUT2D eigenvalue weighted by Gasteiger charge is 2.33. The topological polar surface area (TPSA) is 58.9 Å². The van der Waals surface area contributed by atoms with Crippen molar-refractivity contribution >= 4 is 34.0 Å². The van der Waals surface area contributed by atoms with Crippen molar-refractivity contribution in [1.29, 1.82) is 0 Å². The number of fused-ring (bicyclic) bond motifs is 3. The van der Waals surface area contributed by atoms with Crippen LogP contribution in [-0.4, -0.2) is 39.1 Å². The first-order valence-corrected chi connectivity index (χ1v) is 13.3. The fourth-order valence-electron chi connectivity index (χ4n) is 5.22. The van der Waals surface area contributed by atoms with Gasteiger partial charge in [-0.3, -0.25) is 0 Å². The van der Waals surface area contributed by atoms with Gasteiger partial charge in [-0.2, -0.15) is 13.2 Å². The van der Waals surface area contributed by atoms with Gasteiger partial charge in [0.25, 0.3) is 0 Å². The molecular weight excluding hydrogens is 517 g/mol. The van der Waals surface area contributed by atoms with E-state index in [0.29, 0.717) is 30.9 Å². The van der Waals surface area contributed by atoms with Crippen molar-refractivity contribution in [3.63, 3.8) is 0 Å². The van der Waals surface area contributed by atoms with E-state index in [9.17, 15) is 18.0 Å². The zero-order valence-corrected chi connectivity index (χ0v) is 23.3. The number of hydrogen-bond acceptors (Lipinski definition) is 4. The Labute approximate surface area is 231 Å². The van der Waals surface area contributed by atoms with E-state index in [4.69, 9.17) is 9.72 Å². The average molecular weight is 551 g/mol. The molecule has 1 amide bonds. The van der Waals surface area contributed by atoms with Gasteiger partial charge < -0.3 is 19.4 Å². The first kappa shape index (κ1) is 27.6. The van der Waals surface area contributed by atoms with Crippen LogP contribution in [0.25, 0.3) is 22.1 Å². The molecule has 1 atom stereocenters. The molecule has 5 rings (SSSR count). The van der Waals surface area contributed by atoms with Gasteiger partial charge in [-0.05, 0) is 93.6 Å². The number of benzene rings is 2. The third kappa shape index (κ3) is 5.50. The summed E-state index contributed by atoms with van der Waals surface area (Å²) in [7, 11) is 0. The average Bonchev–Trinajstić information content (AvgIpc) is 3.36. The fraction of sp³-hybridized carbons (Fsp3) is 0.355. The Morgan fingerprint density at radius 3 is 2.55 bits per heavy atom. The summed E-state index contributed by atoms with van der Waals surface area (Å²) in [5, 5.41) is 4.25. The second-order valence-corrected chi connectivity index (χ2v) is 11.2. The lowest BCUT2D eigenvalue weighted by Gasteiger charge is -2.29. The van der Waals surface area contributed by atoms with E-state index in [1.807, 2.05) is 62.6 Å². The van der Waals surface area contributed by atoms with E-state index >= 15 is 0 Å². The molecule has 40 heavy (non-hydrogen) atoms. The number of nitrogens with one attached hydrogen (secondary N) is 1. The Kier molecular flexibility index (Phi) is 7.02. The van der Waals surface area contributed by atoms with Crippen molar-refractivity contribution in [1.82, 2.24) is 14.3 Å². The predicted molar refractivity (Wildman–Crippen MR) is 151 cm³/mol. The summed E-state index contributed by atoms with van der Waals surface area (Å²) in [5.41, 5.74) is 3.37. The molecule has 3 heterocycles. The van der Waals surface area contributed by atoms with Crippen LogP contribution < -0.4 is 5.32 Å². The molecule has 0 fully saturated rings. The molecule has 2 aromatic heterocycles. The number of amides is 1. The molecule has 2 aromatic carbocycles. The number of hydrogen-bond donors (Lipinski definition) is 1. The second-order valence-electron chi connectivity index (χ2n) is 11.2. The smallest absolute Gasteiger partial charge is 0.416 e. The van der Waals surface area contributed by atoms with Crippen molar-refractivity contribution in [3.05, 3.63) is 83.1 Å². The molecule has 0 aliphatic carbocycles. The van der Waals surface area contributed by atoms with Crippen LogP contribution in [-0.2, 0) is 10.9 Å². The number of halogens is 3. The number of rotatable bonds is 4. The molecule has 0 bridgehead atoms. The van der Waals surface area contributed by atoms with Gasteiger partial charge in [0, 0.05) is 24.7 Å². The van der Waals surface area contributed by atoms with Crippen LogP contribution in [0.3, 0.4) is 0 Å². The number of alkyl halides is 3. The van der Waals surface area contributed by atoms with Crippen molar-refractivity contribution in [3.8, 4) is 0 Å². The molecule has 6 nitrogen and oxygen atoms in total. The van der Waals surface area contributed by atoms with Crippen LogP contribution >= 0.6 is 0 Å². The van der Waals surface area contributed by atoms with Crippen molar-refractivity contribution in [2.45, 2.75) is 58.9 Å². The highest BCUT2D eigenvalue weighted by molar-refractivity contribution is 5.94. The molecule has 1 aliphatic heterocycles. The molecule has 0 saturated heterocycles. The Morgan fingerprint density at radius 2 is 1.88 bits per heavy atom. The minimum atomic E-state index is -4.42. The van der Waals surface area contributed by atoms with Gasteiger partial charge in [-0.15, -0.1) is 0 Å². The summed E-state index contributed by atoms with van der Waals surface area (Å²) >= 11 is 0. The summed E-state index contributed by atoms with van der Waals surface area (Å²) < 4.78 is 48.2. The molecule has 0 spiro atoms. The quantitative estimate of drug-likeness (QED) is 0.280. The first-order valence-electron chi connectivity index (χ1n) is 13.3. The maximum atomic E-state index is 13.6. The number of ether oxygens (including phenoxy) is 1. The highest BCUT2D eigenvalue weighted by atomic mass is 19.4. The predicted octanol–water partition coefficient (Wildman–Crippen LogP) is 8.01. The van der Waals surface area contributed by atoms with Gasteiger partial charge in [0.1, 0.15) is 17.1 Å². The Morgan fingerprint density at radius 1 is 1.10 bits per heavy atom. The zero-order chi connectivity index (χ0) is 28.8. The van der Waals surface area contributed by atoms with E-state index in [2.05, 4.69) is 17.4 Å². The van der Waals surface area contributed by atoms with Gasteiger partial charge in [0.15, 0.2) is 0 Å². The minimum absolute atomic E-state index is 0.200. The van der Waals surface area contributed by atoms with E-state index in [1.165, 1.54) is 13.0 Å². The summed E-state index contributed by atoms with van der Waals surface area (Å²) in [6.45, 7) is 9.90. The first-order chi connectivity index (χ1) is 18.8. The Bertz CT molecular complexity index is 1610. The molecule has 0 radical (unpaired) electrons. The van der Waals surface area contributed by atoms with Gasteiger partial charge in [0.2, 0.25) is 0 Å². The molecular formula is C31H33F3N4O2. The molecule has 4 aromatic rings. The Balaban J connectivity index is 1.49. The SMILES string of the molecule is Cc1c([C@@H](C)Nc2nc3cccn3c3ccc(C4=CCN(C(=O)OC(C)(C)C)CC4)cc23)cccc1C(F)(F)F. The van der Waals surface area contributed by atoms with Crippen LogP contribution in [0.2, 0.25) is 0 Å². The fourth-order valence-corrected chi connectivity index (χ4v) is 5.22. The molecule has 1 aliphatic rings. The van der Waals surface area contributed by atoms with Gasteiger partial charge in [-0.1, -0.05) is 24.3 Å². The summed E-state index contributed by atoms with van der Waals surface area (Å²) in [6, 6.07) is 13.8. The number of carbonyl (C=O) groups excluding carboxylic acids is 1. The third-order valence-corrected chi connectivity index (χ3v) is 7.20. The lowest BCUT2D eigenvalue weighted by atomic mass is 9.96. The number of anilines is 1. The van der Waals surface area contributed by atoms with Gasteiger partial charge >= 0.3 is 12.3 Å². The van der Waals surface area contributed by atoms with Crippen LogP contribution in [0.4, 0.5) is 23.8 Å². The van der Waals surface area contributed by atoms with E-state index in [1.54, 1.807) is 11.0 Å². The van der Waals surface area contributed by atoms with Crippen LogP contribution in [0.1, 0.15) is 62.4 Å². The van der Waals surface area contributed by atoms with E-state index < -0.39 is 23.4 Å². The minimum Gasteiger partial charge on any atom is -0.444 e. The lowest BCUT2D eigenvalue weighted by Crippen LogP contribution is -2.39. The van der Waals surface area contributed by atoms with Crippen molar-refractivity contribution in [2.24, 2.45) is 0 Å². The number of aromatic nitrogens is 2. The van der Waals surface area contributed by atoms with Crippen molar-refractivity contribution < 1.29 is 22.7 Å². The summed E-state index contributed by atoms with van der Waals surface area (Å²) in [5.74, 6) is 0.596. The highest BCUT2D eigenvalue weighted by Crippen LogP contribution is 2.36. The third-order valence-electron chi connectivity index (χ3n) is 7.20. The monoisotopic (exact) mass is 550 g/mol. The second kappa shape index (κ2) is 10.2. The van der Waals surface area contributed by atoms with Crippen LogP contribution in [0.15, 0.2) is 60.8 Å². The molecule has 1 N–H and O–H groups in total. The van der Waals surface area contributed by atoms with Crippen LogP contribution in [0, 0.1) is 6.92 Å². The van der Waals surface area contributed by atoms with E-state index in [-0.39, 0.29) is 11.7 Å². The standard InChI is InChI=1S/C31H33F3N4O2/c1-19-23(8-6-9-25(19)31(32,33)34)20(2)35-28-24-18-22(11-12-26(24)38-15-7-10-27(38)36-28)21-13-16-37(17-14-21)29(39)40-30(3,4)5/h6-13,15,18,20H,14,16-17H2,1-5H3,(H,35,36)/t20-/m1/s1. The van der Waals surface area contributed by atoms with E-state index in [0.717, 1.165) is 33.8 Å². The normalized spacial score (nSPS) is 15.3. The Hall–Kier alpha value is -4.01. The van der Waals surface area contributed by atoms with Crippen molar-refractivity contribution in [2.75, 3.05) is 18.4 Å². The van der Waals surface area contributed by atoms with Crippen LogP contribution in [0.5, 0.6) is 0 Å². The summed E-state index contributed by atoms with van der Waals surface area (Å²) in [6.07, 6.45) is -0.0969. The molecule has 0 saturated carbocycles. The lowest BCUT2D eigenvalue weighted by molar-refractivity contribution is -0.138. The maximum absolute atomic E-state index is 13.6. The zero-order valence-electron chi connectivity index (χ0n) is 23.3. The largest absolute Gasteiger partial charge is 0.444 e. The molecule has 210 valence electrons. The number of carbonyl (C=O) groups is 1. The summed E-state index contributed by atoms with van der Waals surface area (Å²) in [4.78, 5) is 19.0. The molecule has 9 heteroatoms. The maximum Gasteiger partial charge on any atom is 0.416 e. The van der Waals surface area contributed by atoms with Gasteiger partial charge in [0.05, 0.1) is 17.1 Å². The molecule has 0 unspecified atom stereocenters. The number of nitrogens with zero attached hydrogens (tertiary/aromatic N) is 3. The van der Waals surface area contributed by atoms with Gasteiger partial charge in [-0.25, -0.2) is 9.78 Å².